The van der Waals surface area contributed by atoms with Crippen molar-refractivity contribution in [1.82, 2.24) is 0 Å². The van der Waals surface area contributed by atoms with E-state index in [1.54, 1.807) is 13.8 Å². The number of anilines is 1. The van der Waals surface area contributed by atoms with Crippen LogP contribution < -0.4 is 5.32 Å². The van der Waals surface area contributed by atoms with Crippen molar-refractivity contribution in [2.45, 2.75) is 25.9 Å². The zero-order valence-electron chi connectivity index (χ0n) is 12.4. The molecule has 1 atom stereocenters. The highest BCUT2D eigenvalue weighted by atomic mass is 35.5. The largest absolute Gasteiger partial charge is 0.469 e. The molecule has 3 rings (SSSR count). The highest BCUT2D eigenvalue weighted by Crippen LogP contribution is 2.44. The van der Waals surface area contributed by atoms with Crippen LogP contribution in [0.15, 0.2) is 22.8 Å². The van der Waals surface area contributed by atoms with Gasteiger partial charge in [-0.3, -0.25) is 9.59 Å². The van der Waals surface area contributed by atoms with E-state index in [0.717, 1.165) is 0 Å². The van der Waals surface area contributed by atoms with Gasteiger partial charge in [0.15, 0.2) is 11.4 Å². The standard InChI is InChI=1S/C16H13Cl2NO4/c1-7-6-23-8(2)13(7)12(20)5-16(22)14-10(18)3-9(17)4-11(14)19-15(16)21/h3-4,6,22H,5H2,1-2H3,(H,19,21)/t16-/m1/s1. The summed E-state index contributed by atoms with van der Waals surface area (Å²) in [6, 6.07) is 2.91. The quantitative estimate of drug-likeness (QED) is 0.826. The van der Waals surface area contributed by atoms with Gasteiger partial charge in [0.05, 0.1) is 29.0 Å². The van der Waals surface area contributed by atoms with Crippen molar-refractivity contribution in [1.29, 1.82) is 0 Å². The summed E-state index contributed by atoms with van der Waals surface area (Å²) in [5.74, 6) is -0.661. The Bertz CT molecular complexity index is 823. The molecule has 0 unspecified atom stereocenters. The Morgan fingerprint density at radius 1 is 1.35 bits per heavy atom. The minimum absolute atomic E-state index is 0.127. The molecular formula is C16H13Cl2NO4. The second-order valence-electron chi connectivity index (χ2n) is 5.57. The molecule has 2 heterocycles. The van der Waals surface area contributed by atoms with Crippen LogP contribution in [0.3, 0.4) is 0 Å². The number of rotatable bonds is 3. The Morgan fingerprint density at radius 3 is 2.65 bits per heavy atom. The SMILES string of the molecule is Cc1coc(C)c1C(=O)C[C@]1(O)C(=O)Nc2cc(Cl)cc(Cl)c21. The summed E-state index contributed by atoms with van der Waals surface area (Å²) >= 11 is 12.0. The van der Waals surface area contributed by atoms with E-state index >= 15 is 0 Å². The van der Waals surface area contributed by atoms with Crippen LogP contribution in [0.25, 0.3) is 0 Å². The molecule has 1 amide bonds. The lowest BCUT2D eigenvalue weighted by Gasteiger charge is -2.21. The molecule has 2 aromatic rings. The number of carbonyl (C=O) groups excluding carboxylic acids is 2. The van der Waals surface area contributed by atoms with Gasteiger partial charge in [-0.25, -0.2) is 0 Å². The summed E-state index contributed by atoms with van der Waals surface area (Å²) in [5.41, 5.74) is -0.546. The van der Waals surface area contributed by atoms with E-state index < -0.39 is 23.7 Å². The molecule has 0 saturated heterocycles. The first kappa shape index (κ1) is 16.1. The Hall–Kier alpha value is -1.82. The molecule has 0 saturated carbocycles. The van der Waals surface area contributed by atoms with Crippen molar-refractivity contribution in [3.05, 3.63) is 50.9 Å². The number of aryl methyl sites for hydroxylation is 2. The molecule has 1 aliphatic heterocycles. The predicted octanol–water partition coefficient (Wildman–Crippen LogP) is 3.62. The number of fused-ring (bicyclic) bond motifs is 1. The van der Waals surface area contributed by atoms with Crippen LogP contribution in [0.2, 0.25) is 10.0 Å². The molecule has 1 aromatic carbocycles. The van der Waals surface area contributed by atoms with E-state index in [9.17, 15) is 14.7 Å². The smallest absolute Gasteiger partial charge is 0.261 e. The maximum absolute atomic E-state index is 12.6. The Labute approximate surface area is 142 Å². The molecule has 0 aliphatic carbocycles. The molecule has 5 nitrogen and oxygen atoms in total. The number of amides is 1. The van der Waals surface area contributed by atoms with Gasteiger partial charge in [-0.05, 0) is 31.5 Å². The lowest BCUT2D eigenvalue weighted by atomic mass is 9.87. The highest BCUT2D eigenvalue weighted by molar-refractivity contribution is 6.36. The van der Waals surface area contributed by atoms with Gasteiger partial charge in [-0.2, -0.15) is 0 Å². The van der Waals surface area contributed by atoms with Crippen molar-refractivity contribution in [2.75, 3.05) is 5.32 Å². The number of benzene rings is 1. The van der Waals surface area contributed by atoms with Gasteiger partial charge in [0.25, 0.3) is 5.91 Å². The minimum Gasteiger partial charge on any atom is -0.469 e. The maximum atomic E-state index is 12.6. The van der Waals surface area contributed by atoms with Crippen molar-refractivity contribution < 1.29 is 19.1 Å². The summed E-state index contributed by atoms with van der Waals surface area (Å²) in [4.78, 5) is 24.8. The second-order valence-corrected chi connectivity index (χ2v) is 6.42. The highest BCUT2D eigenvalue weighted by Gasteiger charge is 2.48. The molecule has 0 bridgehead atoms. The van der Waals surface area contributed by atoms with Gasteiger partial charge in [0.2, 0.25) is 0 Å². The molecule has 1 aromatic heterocycles. The summed E-state index contributed by atoms with van der Waals surface area (Å²) in [6.45, 7) is 3.38. The van der Waals surface area contributed by atoms with Gasteiger partial charge in [-0.1, -0.05) is 23.2 Å². The zero-order chi connectivity index (χ0) is 16.9. The minimum atomic E-state index is -2.04. The van der Waals surface area contributed by atoms with Crippen LogP contribution in [0, 0.1) is 13.8 Å². The number of furan rings is 1. The first-order valence-electron chi connectivity index (χ1n) is 6.85. The third-order valence-electron chi connectivity index (χ3n) is 3.95. The Balaban J connectivity index is 2.04. The summed E-state index contributed by atoms with van der Waals surface area (Å²) in [5, 5.41) is 13.8. The number of nitrogens with one attached hydrogen (secondary N) is 1. The molecule has 120 valence electrons. The van der Waals surface area contributed by atoms with E-state index in [0.29, 0.717) is 27.6 Å². The molecule has 0 fully saturated rings. The van der Waals surface area contributed by atoms with Gasteiger partial charge in [0, 0.05) is 10.6 Å². The monoisotopic (exact) mass is 353 g/mol. The number of hydrogen-bond acceptors (Lipinski definition) is 4. The third kappa shape index (κ3) is 2.45. The van der Waals surface area contributed by atoms with Crippen LogP contribution in [0.5, 0.6) is 0 Å². The molecule has 2 N–H and O–H groups in total. The number of carbonyl (C=O) groups is 2. The molecule has 7 heteroatoms. The van der Waals surface area contributed by atoms with Crippen LogP contribution in [-0.2, 0) is 10.4 Å². The average Bonchev–Trinajstić information content (AvgIpc) is 2.87. The topological polar surface area (TPSA) is 79.5 Å². The molecule has 1 aliphatic rings. The molecule has 0 spiro atoms. The van der Waals surface area contributed by atoms with Crippen LogP contribution in [0.1, 0.15) is 33.7 Å². The van der Waals surface area contributed by atoms with Crippen molar-refractivity contribution in [3.63, 3.8) is 0 Å². The van der Waals surface area contributed by atoms with Crippen molar-refractivity contribution in [2.24, 2.45) is 0 Å². The lowest BCUT2D eigenvalue weighted by molar-refractivity contribution is -0.133. The van der Waals surface area contributed by atoms with Crippen LogP contribution >= 0.6 is 23.2 Å². The van der Waals surface area contributed by atoms with Gasteiger partial charge in [-0.15, -0.1) is 0 Å². The Kier molecular flexibility index (Phi) is 3.75. The number of Topliss-reactive ketones (excluding diaryl/α,β-unsaturated/α-hetero) is 1. The van der Waals surface area contributed by atoms with E-state index in [-0.39, 0.29) is 10.6 Å². The average molecular weight is 354 g/mol. The fourth-order valence-electron chi connectivity index (χ4n) is 2.91. The third-order valence-corrected chi connectivity index (χ3v) is 4.46. The molecular weight excluding hydrogens is 341 g/mol. The van der Waals surface area contributed by atoms with Crippen LogP contribution in [0.4, 0.5) is 5.69 Å². The normalized spacial score (nSPS) is 19.6. The predicted molar refractivity (Wildman–Crippen MR) is 86.1 cm³/mol. The number of ketones is 1. The van der Waals surface area contributed by atoms with Crippen molar-refractivity contribution in [3.8, 4) is 0 Å². The zero-order valence-corrected chi connectivity index (χ0v) is 13.9. The first-order valence-corrected chi connectivity index (χ1v) is 7.61. The lowest BCUT2D eigenvalue weighted by Crippen LogP contribution is -2.36. The summed E-state index contributed by atoms with van der Waals surface area (Å²) < 4.78 is 5.20. The van der Waals surface area contributed by atoms with E-state index in [1.165, 1.54) is 18.4 Å². The molecule has 0 radical (unpaired) electrons. The van der Waals surface area contributed by atoms with E-state index in [2.05, 4.69) is 5.32 Å². The van der Waals surface area contributed by atoms with Gasteiger partial charge >= 0.3 is 0 Å². The van der Waals surface area contributed by atoms with E-state index in [4.69, 9.17) is 27.6 Å². The second kappa shape index (κ2) is 5.37. The van der Waals surface area contributed by atoms with E-state index in [1.807, 2.05) is 0 Å². The number of hydrogen-bond donors (Lipinski definition) is 2. The fourth-order valence-corrected chi connectivity index (χ4v) is 3.56. The van der Waals surface area contributed by atoms with Gasteiger partial charge in [0.1, 0.15) is 5.76 Å². The number of halogens is 2. The van der Waals surface area contributed by atoms with Crippen molar-refractivity contribution >= 4 is 40.6 Å². The maximum Gasteiger partial charge on any atom is 0.261 e. The first-order chi connectivity index (χ1) is 10.7. The number of aliphatic hydroxyl groups is 1. The summed E-state index contributed by atoms with van der Waals surface area (Å²) in [7, 11) is 0. The van der Waals surface area contributed by atoms with Gasteiger partial charge < -0.3 is 14.8 Å². The Morgan fingerprint density at radius 2 is 2.04 bits per heavy atom. The van der Waals surface area contributed by atoms with Crippen LogP contribution in [-0.4, -0.2) is 16.8 Å². The summed E-state index contributed by atoms with van der Waals surface area (Å²) in [6.07, 6.45) is 1.02. The molecule has 23 heavy (non-hydrogen) atoms. The fraction of sp³-hybridized carbons (Fsp3) is 0.250.